The van der Waals surface area contributed by atoms with Crippen LogP contribution in [0.2, 0.25) is 0 Å². The van der Waals surface area contributed by atoms with Gasteiger partial charge < -0.3 is 19.5 Å². The number of aromatic nitrogens is 2. The van der Waals surface area contributed by atoms with Crippen LogP contribution in [0.1, 0.15) is 27.8 Å². The van der Waals surface area contributed by atoms with Gasteiger partial charge in [0.2, 0.25) is 0 Å². The number of rotatable bonds is 6. The van der Waals surface area contributed by atoms with Crippen molar-refractivity contribution in [3.05, 3.63) is 99.9 Å². The quantitative estimate of drug-likeness (QED) is 0.339. The minimum absolute atomic E-state index is 0.133. The minimum Gasteiger partial charge on any atom is -0.378 e. The second-order valence-corrected chi connectivity index (χ2v) is 8.39. The van der Waals surface area contributed by atoms with Crippen molar-refractivity contribution in [3.63, 3.8) is 0 Å². The summed E-state index contributed by atoms with van der Waals surface area (Å²) in [5, 5.41) is 14.6. The van der Waals surface area contributed by atoms with Crippen LogP contribution in [0.5, 0.6) is 0 Å². The highest BCUT2D eigenvalue weighted by molar-refractivity contribution is 6.01. The summed E-state index contributed by atoms with van der Waals surface area (Å²) < 4.78 is 7.41. The molecule has 35 heavy (non-hydrogen) atoms. The summed E-state index contributed by atoms with van der Waals surface area (Å²) in [6.45, 7) is 2.27. The fraction of sp³-hybridized carbons (Fsp3) is 0.231. The average molecular weight is 472 g/mol. The fourth-order valence-electron chi connectivity index (χ4n) is 4.47. The normalized spacial score (nSPS) is 14.6. The molecule has 5 rings (SSSR count). The van der Waals surface area contributed by atoms with Crippen molar-refractivity contribution in [1.29, 1.82) is 0 Å². The number of non-ortho nitro benzene ring substituents is 1. The predicted octanol–water partition coefficient (Wildman–Crippen LogP) is 3.84. The Bertz CT molecular complexity index is 1380. The third kappa shape index (κ3) is 4.45. The van der Waals surface area contributed by atoms with Gasteiger partial charge in [0, 0.05) is 32.3 Å². The van der Waals surface area contributed by atoms with Gasteiger partial charge in [0.15, 0.2) is 0 Å². The monoisotopic (exact) mass is 471 g/mol. The lowest BCUT2D eigenvalue weighted by molar-refractivity contribution is -0.384. The molecule has 0 bridgehead atoms. The highest BCUT2D eigenvalue weighted by atomic mass is 16.6. The minimum atomic E-state index is -0.557. The number of benzene rings is 3. The summed E-state index contributed by atoms with van der Waals surface area (Å²) in [6.07, 6.45) is 0. The Labute approximate surface area is 202 Å². The molecular formula is C26H25N5O4. The molecule has 0 saturated carbocycles. The molecule has 9 heteroatoms. The number of nitrogens with one attached hydrogen (secondary N) is 1. The number of carbonyl (C=O) groups excluding carboxylic acids is 1. The van der Waals surface area contributed by atoms with Crippen molar-refractivity contribution in [2.45, 2.75) is 6.04 Å². The molecule has 1 unspecified atom stereocenters. The Kier molecular flexibility index (Phi) is 6.15. The van der Waals surface area contributed by atoms with E-state index in [0.717, 1.165) is 16.6 Å². The number of aryl methyl sites for hydroxylation is 1. The van der Waals surface area contributed by atoms with Gasteiger partial charge in [-0.1, -0.05) is 42.5 Å². The molecule has 2 heterocycles. The molecule has 1 fully saturated rings. The largest absolute Gasteiger partial charge is 0.378 e. The number of imidazole rings is 1. The molecule has 1 aliphatic rings. The first kappa shape index (κ1) is 22.5. The number of para-hydroxylation sites is 2. The van der Waals surface area contributed by atoms with Crippen molar-refractivity contribution in [1.82, 2.24) is 14.9 Å². The zero-order valence-electron chi connectivity index (χ0n) is 19.3. The van der Waals surface area contributed by atoms with Crippen LogP contribution in [-0.4, -0.2) is 46.7 Å². The lowest BCUT2D eigenvalue weighted by Gasteiger charge is -2.30. The zero-order chi connectivity index (χ0) is 24.4. The molecule has 4 aromatic rings. The van der Waals surface area contributed by atoms with Crippen molar-refractivity contribution in [2.75, 3.05) is 31.2 Å². The molecule has 1 aliphatic heterocycles. The molecule has 0 radical (unpaired) electrons. The molecule has 9 nitrogen and oxygen atoms in total. The van der Waals surface area contributed by atoms with E-state index in [9.17, 15) is 14.9 Å². The van der Waals surface area contributed by atoms with E-state index in [1.54, 1.807) is 6.07 Å². The number of fused-ring (bicyclic) bond motifs is 1. The molecule has 1 aromatic heterocycles. The number of nitrogens with zero attached hydrogens (tertiary/aromatic N) is 4. The summed E-state index contributed by atoms with van der Waals surface area (Å²) >= 11 is 0. The van der Waals surface area contributed by atoms with Crippen LogP contribution >= 0.6 is 0 Å². The van der Waals surface area contributed by atoms with Gasteiger partial charge in [-0.15, -0.1) is 0 Å². The number of amides is 1. The molecular weight excluding hydrogens is 446 g/mol. The second kappa shape index (κ2) is 9.55. The van der Waals surface area contributed by atoms with Crippen LogP contribution in [0, 0.1) is 10.1 Å². The summed E-state index contributed by atoms with van der Waals surface area (Å²) in [5.41, 5.74) is 3.39. The van der Waals surface area contributed by atoms with E-state index in [1.165, 1.54) is 12.1 Å². The Hall–Kier alpha value is -4.24. The second-order valence-electron chi connectivity index (χ2n) is 8.39. The lowest BCUT2D eigenvalue weighted by Crippen LogP contribution is -2.38. The van der Waals surface area contributed by atoms with Gasteiger partial charge >= 0.3 is 0 Å². The SMILES string of the molecule is Cn1c(C(NC(=O)c2cc([N+](=O)[O-])ccc2N2CCOCC2)c2ccccc2)nc2ccccc21. The van der Waals surface area contributed by atoms with Crippen molar-refractivity contribution in [3.8, 4) is 0 Å². The molecule has 0 aliphatic carbocycles. The number of ether oxygens (including phenoxy) is 1. The van der Waals surface area contributed by atoms with Crippen LogP contribution in [-0.2, 0) is 11.8 Å². The summed E-state index contributed by atoms with van der Waals surface area (Å²) in [4.78, 5) is 31.6. The Morgan fingerprint density at radius 2 is 1.77 bits per heavy atom. The van der Waals surface area contributed by atoms with Crippen molar-refractivity contribution >= 4 is 28.3 Å². The van der Waals surface area contributed by atoms with Crippen LogP contribution in [0.4, 0.5) is 11.4 Å². The molecule has 0 spiro atoms. The maximum Gasteiger partial charge on any atom is 0.270 e. The molecule has 1 saturated heterocycles. The highest BCUT2D eigenvalue weighted by Crippen LogP contribution is 2.29. The summed E-state index contributed by atoms with van der Waals surface area (Å²) in [7, 11) is 1.92. The van der Waals surface area contributed by atoms with Crippen LogP contribution in [0.15, 0.2) is 72.8 Å². The lowest BCUT2D eigenvalue weighted by atomic mass is 10.0. The van der Waals surface area contributed by atoms with E-state index in [-0.39, 0.29) is 11.3 Å². The van der Waals surface area contributed by atoms with E-state index >= 15 is 0 Å². The highest BCUT2D eigenvalue weighted by Gasteiger charge is 2.27. The fourth-order valence-corrected chi connectivity index (χ4v) is 4.47. The van der Waals surface area contributed by atoms with Crippen LogP contribution in [0.25, 0.3) is 11.0 Å². The number of nitro benzene ring substituents is 1. The van der Waals surface area contributed by atoms with Crippen LogP contribution < -0.4 is 10.2 Å². The van der Waals surface area contributed by atoms with E-state index in [4.69, 9.17) is 9.72 Å². The number of morpholine rings is 1. The summed E-state index contributed by atoms with van der Waals surface area (Å²) in [5.74, 6) is 0.264. The number of anilines is 1. The van der Waals surface area contributed by atoms with E-state index in [1.807, 2.05) is 71.1 Å². The first-order valence-electron chi connectivity index (χ1n) is 11.4. The van der Waals surface area contributed by atoms with E-state index in [2.05, 4.69) is 5.32 Å². The third-order valence-electron chi connectivity index (χ3n) is 6.28. The smallest absolute Gasteiger partial charge is 0.270 e. The standard InChI is InChI=1S/C26H25N5O4/c1-29-23-10-6-5-9-21(23)27-25(29)24(18-7-3-2-4-8-18)28-26(32)20-17-19(31(33)34)11-12-22(20)30-13-15-35-16-14-30/h2-12,17,24H,13-16H2,1H3,(H,28,32). The molecule has 1 atom stereocenters. The van der Waals surface area contributed by atoms with E-state index in [0.29, 0.717) is 37.8 Å². The molecule has 178 valence electrons. The Morgan fingerprint density at radius 1 is 1.06 bits per heavy atom. The van der Waals surface area contributed by atoms with Gasteiger partial charge in [-0.25, -0.2) is 4.98 Å². The number of hydrogen-bond donors (Lipinski definition) is 1. The van der Waals surface area contributed by atoms with Crippen molar-refractivity contribution < 1.29 is 14.5 Å². The average Bonchev–Trinajstić information content (AvgIpc) is 3.24. The van der Waals surface area contributed by atoms with Gasteiger partial charge in [0.1, 0.15) is 11.9 Å². The number of carbonyl (C=O) groups is 1. The first-order valence-corrected chi connectivity index (χ1v) is 11.4. The Balaban J connectivity index is 1.57. The third-order valence-corrected chi connectivity index (χ3v) is 6.28. The van der Waals surface area contributed by atoms with Crippen molar-refractivity contribution in [2.24, 2.45) is 7.05 Å². The number of nitro groups is 1. The maximum atomic E-state index is 13.7. The van der Waals surface area contributed by atoms with Gasteiger partial charge in [0.25, 0.3) is 11.6 Å². The topological polar surface area (TPSA) is 103 Å². The predicted molar refractivity (Wildman–Crippen MR) is 133 cm³/mol. The Morgan fingerprint density at radius 3 is 2.49 bits per heavy atom. The molecule has 1 amide bonds. The van der Waals surface area contributed by atoms with Crippen LogP contribution in [0.3, 0.4) is 0 Å². The van der Waals surface area contributed by atoms with Gasteiger partial charge in [0.05, 0.1) is 40.4 Å². The molecule has 3 aromatic carbocycles. The zero-order valence-corrected chi connectivity index (χ0v) is 19.3. The summed E-state index contributed by atoms with van der Waals surface area (Å²) in [6, 6.07) is 21.2. The first-order chi connectivity index (χ1) is 17.0. The van der Waals surface area contributed by atoms with Gasteiger partial charge in [-0.3, -0.25) is 14.9 Å². The maximum absolute atomic E-state index is 13.7. The molecule has 1 N–H and O–H groups in total. The van der Waals surface area contributed by atoms with E-state index < -0.39 is 16.9 Å². The van der Waals surface area contributed by atoms with Gasteiger partial charge in [-0.2, -0.15) is 0 Å². The number of hydrogen-bond acceptors (Lipinski definition) is 6. The van der Waals surface area contributed by atoms with Gasteiger partial charge in [-0.05, 0) is 23.8 Å².